The maximum Gasteiger partial charge on any atom is 0.345 e. The number of thiophene rings is 1. The number of carboxylic acids is 1. The van der Waals surface area contributed by atoms with Gasteiger partial charge in [-0.15, -0.1) is 16.4 Å². The lowest BCUT2D eigenvalue weighted by molar-refractivity contribution is -0.0927. The van der Waals surface area contributed by atoms with E-state index < -0.39 is 11.6 Å². The third-order valence-electron chi connectivity index (χ3n) is 4.87. The Morgan fingerprint density at radius 2 is 2.12 bits per heavy atom. The summed E-state index contributed by atoms with van der Waals surface area (Å²) in [6.45, 7) is 1.69. The second kappa shape index (κ2) is 6.20. The SMILES string of the molecule is O=C(O)c1cc2c(s1)CCOC21CCN(C(=O)c2cccnn2)CC1. The number of aromatic carboxylic acids is 1. The van der Waals surface area contributed by atoms with Gasteiger partial charge in [0, 0.05) is 30.6 Å². The smallest absolute Gasteiger partial charge is 0.345 e. The maximum atomic E-state index is 12.5. The summed E-state index contributed by atoms with van der Waals surface area (Å²) in [5.74, 6) is -1.03. The summed E-state index contributed by atoms with van der Waals surface area (Å²) in [4.78, 5) is 27.0. The minimum Gasteiger partial charge on any atom is -0.477 e. The number of nitrogens with zero attached hydrogens (tertiary/aromatic N) is 3. The number of ether oxygens (including phenoxy) is 1. The zero-order valence-electron chi connectivity index (χ0n) is 13.5. The van der Waals surface area contributed by atoms with Gasteiger partial charge in [0.2, 0.25) is 0 Å². The zero-order chi connectivity index (χ0) is 17.4. The summed E-state index contributed by atoms with van der Waals surface area (Å²) >= 11 is 1.34. The van der Waals surface area contributed by atoms with E-state index in [-0.39, 0.29) is 5.91 Å². The van der Waals surface area contributed by atoms with Gasteiger partial charge in [-0.2, -0.15) is 5.10 Å². The molecule has 25 heavy (non-hydrogen) atoms. The highest BCUT2D eigenvalue weighted by Crippen LogP contribution is 2.44. The minimum absolute atomic E-state index is 0.129. The number of piperidine rings is 1. The van der Waals surface area contributed by atoms with Crippen LogP contribution in [-0.2, 0) is 16.8 Å². The Morgan fingerprint density at radius 1 is 1.32 bits per heavy atom. The van der Waals surface area contributed by atoms with Crippen molar-refractivity contribution in [1.82, 2.24) is 15.1 Å². The molecule has 4 rings (SSSR count). The Balaban J connectivity index is 1.54. The molecule has 0 aliphatic carbocycles. The molecule has 1 spiro atoms. The zero-order valence-corrected chi connectivity index (χ0v) is 14.3. The molecule has 4 heterocycles. The first kappa shape index (κ1) is 16.2. The number of carbonyl (C=O) groups is 2. The first-order valence-electron chi connectivity index (χ1n) is 8.16. The van der Waals surface area contributed by atoms with E-state index in [0.29, 0.717) is 43.1 Å². The van der Waals surface area contributed by atoms with Crippen LogP contribution in [0.2, 0.25) is 0 Å². The Bertz CT molecular complexity index is 813. The predicted molar refractivity (Wildman–Crippen MR) is 89.8 cm³/mol. The number of hydrogen-bond acceptors (Lipinski definition) is 6. The molecule has 7 nitrogen and oxygen atoms in total. The van der Waals surface area contributed by atoms with Crippen molar-refractivity contribution < 1.29 is 19.4 Å². The average molecular weight is 359 g/mol. The van der Waals surface area contributed by atoms with Gasteiger partial charge in [-0.3, -0.25) is 4.79 Å². The number of aromatic nitrogens is 2. The molecule has 1 fully saturated rings. The van der Waals surface area contributed by atoms with Crippen LogP contribution in [0.25, 0.3) is 0 Å². The molecule has 1 saturated heterocycles. The number of amides is 1. The summed E-state index contributed by atoms with van der Waals surface area (Å²) < 4.78 is 6.11. The number of carboxylic acid groups (broad SMARTS) is 1. The van der Waals surface area contributed by atoms with E-state index in [1.165, 1.54) is 17.5 Å². The molecule has 8 heteroatoms. The van der Waals surface area contributed by atoms with Gasteiger partial charge in [0.25, 0.3) is 5.91 Å². The van der Waals surface area contributed by atoms with Crippen molar-refractivity contribution in [2.75, 3.05) is 19.7 Å². The van der Waals surface area contributed by atoms with E-state index in [0.717, 1.165) is 16.9 Å². The van der Waals surface area contributed by atoms with Crippen molar-refractivity contribution in [3.63, 3.8) is 0 Å². The topological polar surface area (TPSA) is 92.6 Å². The largest absolute Gasteiger partial charge is 0.477 e. The first-order valence-corrected chi connectivity index (χ1v) is 8.98. The van der Waals surface area contributed by atoms with E-state index >= 15 is 0 Å². The molecule has 1 amide bonds. The van der Waals surface area contributed by atoms with Crippen molar-refractivity contribution in [1.29, 1.82) is 0 Å². The molecule has 2 aliphatic heterocycles. The van der Waals surface area contributed by atoms with E-state index in [4.69, 9.17) is 4.74 Å². The summed E-state index contributed by atoms with van der Waals surface area (Å²) in [7, 11) is 0. The highest BCUT2D eigenvalue weighted by molar-refractivity contribution is 7.14. The fraction of sp³-hybridized carbons (Fsp3) is 0.412. The number of rotatable bonds is 2. The maximum absolute atomic E-state index is 12.5. The van der Waals surface area contributed by atoms with Crippen LogP contribution in [0.15, 0.2) is 24.4 Å². The molecule has 2 aromatic rings. The highest BCUT2D eigenvalue weighted by atomic mass is 32.1. The van der Waals surface area contributed by atoms with Crippen molar-refractivity contribution in [3.8, 4) is 0 Å². The predicted octanol–water partition coefficient (Wildman–Crippen LogP) is 1.94. The summed E-state index contributed by atoms with van der Waals surface area (Å²) in [5, 5.41) is 16.9. The standard InChI is InChI=1S/C17H17N3O4S/c21-15(12-2-1-6-18-19-12)20-7-4-17(5-8-20)11-10-14(16(22)23)25-13(11)3-9-24-17/h1-2,6,10H,3-5,7-9H2,(H,22,23). The van der Waals surface area contributed by atoms with Crippen LogP contribution in [0.4, 0.5) is 0 Å². The quantitative estimate of drug-likeness (QED) is 0.881. The van der Waals surface area contributed by atoms with Gasteiger partial charge < -0.3 is 14.7 Å². The second-order valence-electron chi connectivity index (χ2n) is 6.25. The molecule has 0 atom stereocenters. The van der Waals surface area contributed by atoms with Crippen molar-refractivity contribution in [3.05, 3.63) is 45.4 Å². The van der Waals surface area contributed by atoms with Crippen LogP contribution in [0.1, 0.15) is 43.4 Å². The van der Waals surface area contributed by atoms with Gasteiger partial charge in [-0.25, -0.2) is 4.79 Å². The van der Waals surface area contributed by atoms with Crippen LogP contribution in [-0.4, -0.2) is 51.8 Å². The molecule has 0 unspecified atom stereocenters. The normalized spacial score (nSPS) is 18.8. The van der Waals surface area contributed by atoms with E-state index in [1.807, 2.05) is 0 Å². The molecule has 2 aliphatic rings. The second-order valence-corrected chi connectivity index (χ2v) is 7.38. The first-order chi connectivity index (χ1) is 12.1. The molecular formula is C17H17N3O4S. The number of fused-ring (bicyclic) bond motifs is 2. The van der Waals surface area contributed by atoms with E-state index in [9.17, 15) is 14.7 Å². The molecule has 0 radical (unpaired) electrons. The van der Waals surface area contributed by atoms with Crippen LogP contribution in [0.5, 0.6) is 0 Å². The lowest BCUT2D eigenvalue weighted by Crippen LogP contribution is -2.48. The Kier molecular flexibility index (Phi) is 4.01. The van der Waals surface area contributed by atoms with Crippen molar-refractivity contribution in [2.24, 2.45) is 0 Å². The lowest BCUT2D eigenvalue weighted by atomic mass is 9.82. The van der Waals surface area contributed by atoms with Crippen LogP contribution >= 0.6 is 11.3 Å². The third kappa shape index (κ3) is 2.81. The van der Waals surface area contributed by atoms with Gasteiger partial charge in [0.1, 0.15) is 4.88 Å². The third-order valence-corrected chi connectivity index (χ3v) is 6.05. The Hall–Kier alpha value is -2.32. The van der Waals surface area contributed by atoms with Crippen molar-refractivity contribution in [2.45, 2.75) is 24.9 Å². The molecular weight excluding hydrogens is 342 g/mol. The van der Waals surface area contributed by atoms with Gasteiger partial charge in [-0.1, -0.05) is 0 Å². The Labute approximate surface area is 148 Å². The summed E-state index contributed by atoms with van der Waals surface area (Å²) in [6.07, 6.45) is 3.59. The average Bonchev–Trinajstić information content (AvgIpc) is 3.09. The van der Waals surface area contributed by atoms with Crippen molar-refractivity contribution >= 4 is 23.2 Å². The van der Waals surface area contributed by atoms with Crippen LogP contribution < -0.4 is 0 Å². The molecule has 2 aromatic heterocycles. The van der Waals surface area contributed by atoms with Gasteiger partial charge in [0.15, 0.2) is 5.69 Å². The van der Waals surface area contributed by atoms with Crippen LogP contribution in [0.3, 0.4) is 0 Å². The fourth-order valence-electron chi connectivity index (χ4n) is 3.58. The highest BCUT2D eigenvalue weighted by Gasteiger charge is 2.43. The molecule has 0 bridgehead atoms. The summed E-state index contributed by atoms with van der Waals surface area (Å²) in [6, 6.07) is 5.11. The molecule has 1 N–H and O–H groups in total. The molecule has 130 valence electrons. The number of carbonyl (C=O) groups excluding carboxylic acids is 1. The van der Waals surface area contributed by atoms with E-state index in [1.54, 1.807) is 23.1 Å². The van der Waals surface area contributed by atoms with Gasteiger partial charge in [-0.05, 0) is 36.6 Å². The lowest BCUT2D eigenvalue weighted by Gasteiger charge is -2.43. The number of likely N-dealkylation sites (tertiary alicyclic amines) is 1. The monoisotopic (exact) mass is 359 g/mol. The van der Waals surface area contributed by atoms with Gasteiger partial charge >= 0.3 is 5.97 Å². The van der Waals surface area contributed by atoms with Crippen LogP contribution in [0, 0.1) is 0 Å². The fourth-order valence-corrected chi connectivity index (χ4v) is 4.65. The summed E-state index contributed by atoms with van der Waals surface area (Å²) in [5.41, 5.74) is 0.858. The van der Waals surface area contributed by atoms with E-state index in [2.05, 4.69) is 10.2 Å². The molecule has 0 saturated carbocycles. The molecule has 0 aromatic carbocycles. The minimum atomic E-state index is -0.898. The Morgan fingerprint density at radius 3 is 2.80 bits per heavy atom. The van der Waals surface area contributed by atoms with Gasteiger partial charge in [0.05, 0.1) is 12.2 Å². The number of hydrogen-bond donors (Lipinski definition) is 1.